The quantitative estimate of drug-likeness (QED) is 0.908. The van der Waals surface area contributed by atoms with E-state index in [1.165, 1.54) is 36.5 Å². The van der Waals surface area contributed by atoms with E-state index in [1.807, 2.05) is 0 Å². The average molecular weight is 327 g/mol. The van der Waals surface area contributed by atoms with Crippen molar-refractivity contribution in [1.82, 2.24) is 4.98 Å². The number of carboxylic acid groups (broad SMARTS) is 1. The van der Waals surface area contributed by atoms with Crippen molar-refractivity contribution in [2.75, 3.05) is 0 Å². The summed E-state index contributed by atoms with van der Waals surface area (Å²) in [6.07, 6.45) is -3.67. The summed E-state index contributed by atoms with van der Waals surface area (Å²) in [5.41, 5.74) is -3.41. The Morgan fingerprint density at radius 1 is 1.09 bits per heavy atom. The van der Waals surface area contributed by atoms with E-state index in [0.717, 1.165) is 0 Å². The highest BCUT2D eigenvalue weighted by Crippen LogP contribution is 2.39. The minimum atomic E-state index is -5.11. The highest BCUT2D eigenvalue weighted by molar-refractivity contribution is 5.78. The van der Waals surface area contributed by atoms with Gasteiger partial charge in [-0.2, -0.15) is 13.2 Å². The van der Waals surface area contributed by atoms with Crippen molar-refractivity contribution in [3.8, 4) is 17.4 Å². The fraction of sp³-hybridized carbons (Fsp3) is 0.200. The molecule has 1 N–H and O–H groups in total. The van der Waals surface area contributed by atoms with Gasteiger partial charge in [0.15, 0.2) is 11.5 Å². The second kappa shape index (κ2) is 6.15. The zero-order valence-electron chi connectivity index (χ0n) is 11.9. The molecule has 0 radical (unpaired) electrons. The molecule has 1 aromatic carbocycles. The van der Waals surface area contributed by atoms with E-state index in [9.17, 15) is 18.0 Å². The molecule has 8 heteroatoms. The molecule has 0 amide bonds. The number of aromatic nitrogens is 1. The van der Waals surface area contributed by atoms with Gasteiger partial charge in [0.05, 0.1) is 0 Å². The number of hydrogen-bond donors (Lipinski definition) is 1. The van der Waals surface area contributed by atoms with Crippen LogP contribution in [0.1, 0.15) is 6.92 Å². The average Bonchev–Trinajstić information content (AvgIpc) is 2.49. The van der Waals surface area contributed by atoms with Crippen molar-refractivity contribution in [1.29, 1.82) is 0 Å². The zero-order valence-corrected chi connectivity index (χ0v) is 11.9. The molecule has 1 atom stereocenters. The normalized spacial score (nSPS) is 13.9. The van der Waals surface area contributed by atoms with Gasteiger partial charge in [-0.1, -0.05) is 18.2 Å². The van der Waals surface area contributed by atoms with Crippen LogP contribution in [-0.2, 0) is 4.79 Å². The third kappa shape index (κ3) is 3.53. The summed E-state index contributed by atoms with van der Waals surface area (Å²) in [6.45, 7) is 0.437. The number of benzene rings is 1. The van der Waals surface area contributed by atoms with Crippen molar-refractivity contribution in [2.24, 2.45) is 0 Å². The minimum absolute atomic E-state index is 0.0806. The summed E-state index contributed by atoms with van der Waals surface area (Å²) in [6, 6.07) is 10.2. The third-order valence-electron chi connectivity index (χ3n) is 2.96. The van der Waals surface area contributed by atoms with Gasteiger partial charge in [-0.05, 0) is 25.1 Å². The fourth-order valence-electron chi connectivity index (χ4n) is 1.58. The Balaban J connectivity index is 2.35. The van der Waals surface area contributed by atoms with Crippen LogP contribution in [0.15, 0.2) is 48.7 Å². The van der Waals surface area contributed by atoms with Crippen LogP contribution in [0, 0.1) is 0 Å². The van der Waals surface area contributed by atoms with Crippen LogP contribution < -0.4 is 9.47 Å². The lowest BCUT2D eigenvalue weighted by Crippen LogP contribution is -2.54. The number of halogens is 3. The summed E-state index contributed by atoms with van der Waals surface area (Å²) in [5.74, 6) is -2.46. The van der Waals surface area contributed by atoms with Crippen molar-refractivity contribution in [2.45, 2.75) is 18.7 Å². The first-order valence-corrected chi connectivity index (χ1v) is 6.41. The molecule has 0 saturated carbocycles. The second-order valence-electron chi connectivity index (χ2n) is 4.65. The number of ether oxygens (including phenoxy) is 2. The lowest BCUT2D eigenvalue weighted by atomic mass is 10.1. The van der Waals surface area contributed by atoms with Gasteiger partial charge >= 0.3 is 12.1 Å². The molecular weight excluding hydrogens is 315 g/mol. The van der Waals surface area contributed by atoms with Gasteiger partial charge in [0.25, 0.3) is 5.60 Å². The predicted octanol–water partition coefficient (Wildman–Crippen LogP) is 3.66. The van der Waals surface area contributed by atoms with Crippen molar-refractivity contribution < 1.29 is 32.5 Å². The molecule has 0 aliphatic rings. The van der Waals surface area contributed by atoms with E-state index in [2.05, 4.69) is 4.98 Å². The maximum Gasteiger partial charge on any atom is 0.439 e. The van der Waals surface area contributed by atoms with Crippen LogP contribution in [0.3, 0.4) is 0 Å². The number of nitrogens with zero attached hydrogens (tertiary/aromatic N) is 1. The Hall–Kier alpha value is -2.77. The number of alkyl halides is 3. The molecule has 23 heavy (non-hydrogen) atoms. The number of rotatable bonds is 5. The Morgan fingerprint density at radius 3 is 2.22 bits per heavy atom. The molecule has 122 valence electrons. The summed E-state index contributed by atoms with van der Waals surface area (Å²) in [4.78, 5) is 14.9. The van der Waals surface area contributed by atoms with Gasteiger partial charge in [-0.15, -0.1) is 0 Å². The first kappa shape index (κ1) is 16.6. The summed E-state index contributed by atoms with van der Waals surface area (Å²) >= 11 is 0. The van der Waals surface area contributed by atoms with Gasteiger partial charge < -0.3 is 14.6 Å². The summed E-state index contributed by atoms with van der Waals surface area (Å²) in [5, 5.41) is 8.91. The van der Waals surface area contributed by atoms with Crippen LogP contribution in [0.25, 0.3) is 0 Å². The molecule has 1 aromatic heterocycles. The van der Waals surface area contributed by atoms with Gasteiger partial charge in [0, 0.05) is 12.3 Å². The lowest BCUT2D eigenvalue weighted by Gasteiger charge is -2.29. The number of carbonyl (C=O) groups is 1. The Bertz CT molecular complexity index is 691. The maximum absolute atomic E-state index is 13.0. The van der Waals surface area contributed by atoms with Crippen molar-refractivity contribution >= 4 is 5.97 Å². The molecular formula is C15H12F3NO4. The van der Waals surface area contributed by atoms with Gasteiger partial charge in [-0.3, -0.25) is 0 Å². The minimum Gasteiger partial charge on any atom is -0.478 e. The number of carboxylic acids is 1. The largest absolute Gasteiger partial charge is 0.478 e. The first-order valence-electron chi connectivity index (χ1n) is 6.41. The van der Waals surface area contributed by atoms with Crippen LogP contribution in [0.4, 0.5) is 13.2 Å². The van der Waals surface area contributed by atoms with Crippen molar-refractivity contribution in [3.05, 3.63) is 48.7 Å². The smallest absolute Gasteiger partial charge is 0.439 e. The van der Waals surface area contributed by atoms with Crippen molar-refractivity contribution in [3.63, 3.8) is 0 Å². The third-order valence-corrected chi connectivity index (χ3v) is 2.96. The highest BCUT2D eigenvalue weighted by Gasteiger charge is 2.60. The van der Waals surface area contributed by atoms with Crippen LogP contribution in [0.5, 0.6) is 17.4 Å². The molecule has 0 fully saturated rings. The van der Waals surface area contributed by atoms with Crippen LogP contribution in [0.2, 0.25) is 0 Å². The Labute approximate surface area is 129 Å². The molecule has 2 aromatic rings. The van der Waals surface area contributed by atoms with Gasteiger partial charge in [0.2, 0.25) is 5.88 Å². The highest BCUT2D eigenvalue weighted by atomic mass is 19.4. The molecule has 5 nitrogen and oxygen atoms in total. The second-order valence-corrected chi connectivity index (χ2v) is 4.65. The number of aliphatic carboxylic acids is 1. The molecule has 0 aliphatic heterocycles. The van der Waals surface area contributed by atoms with E-state index in [4.69, 9.17) is 14.6 Å². The summed E-state index contributed by atoms with van der Waals surface area (Å²) in [7, 11) is 0. The number of pyridine rings is 1. The van der Waals surface area contributed by atoms with E-state index < -0.39 is 17.7 Å². The lowest BCUT2D eigenvalue weighted by molar-refractivity contribution is -0.245. The SMILES string of the molecule is CC(Oc1ccccc1Oc1ccccn1)(C(=O)O)C(F)(F)F. The zero-order chi connectivity index (χ0) is 17.1. The predicted molar refractivity (Wildman–Crippen MR) is 73.5 cm³/mol. The van der Waals surface area contributed by atoms with E-state index in [-0.39, 0.29) is 17.4 Å². The molecule has 1 heterocycles. The topological polar surface area (TPSA) is 68.7 Å². The maximum atomic E-state index is 13.0. The molecule has 0 aliphatic carbocycles. The van der Waals surface area contributed by atoms with Gasteiger partial charge in [-0.25, -0.2) is 9.78 Å². The van der Waals surface area contributed by atoms with Crippen LogP contribution in [-0.4, -0.2) is 27.8 Å². The van der Waals surface area contributed by atoms with Gasteiger partial charge in [0.1, 0.15) is 0 Å². The van der Waals surface area contributed by atoms with Crippen LogP contribution >= 0.6 is 0 Å². The molecule has 0 spiro atoms. The summed E-state index contributed by atoms with van der Waals surface area (Å²) < 4.78 is 49.2. The van der Waals surface area contributed by atoms with E-state index >= 15 is 0 Å². The molecule has 0 saturated heterocycles. The molecule has 2 rings (SSSR count). The monoisotopic (exact) mass is 327 g/mol. The fourth-order valence-corrected chi connectivity index (χ4v) is 1.58. The first-order chi connectivity index (χ1) is 10.7. The Morgan fingerprint density at radius 2 is 1.70 bits per heavy atom. The number of para-hydroxylation sites is 2. The Kier molecular flexibility index (Phi) is 4.44. The molecule has 1 unspecified atom stereocenters. The molecule has 0 bridgehead atoms. The van der Waals surface area contributed by atoms with E-state index in [1.54, 1.807) is 12.1 Å². The van der Waals surface area contributed by atoms with E-state index in [0.29, 0.717) is 6.92 Å². The standard InChI is InChI=1S/C15H12F3NO4/c1-14(13(20)21,15(16,17)18)23-11-7-3-2-6-10(11)22-12-8-4-5-9-19-12/h2-9H,1H3,(H,20,21). The number of hydrogen-bond acceptors (Lipinski definition) is 4.